The number of allylic oxidation sites excluding steroid dienone is 1. The maximum Gasteiger partial charge on any atom is 0.302 e. The largest absolute Gasteiger partial charge is 0.464 e. The van der Waals surface area contributed by atoms with E-state index in [1.54, 1.807) is 29.2 Å². The number of carbonyl (C=O) groups excluding carboxylic acids is 2. The average molecular weight is 324 g/mol. The summed E-state index contributed by atoms with van der Waals surface area (Å²) in [6, 6.07) is 9.20. The Labute approximate surface area is 138 Å². The Hall–Kier alpha value is -3.15. The molecule has 0 saturated carbocycles. The second-order valence-corrected chi connectivity index (χ2v) is 5.22. The molecule has 0 aliphatic carbocycles. The predicted octanol–water partition coefficient (Wildman–Crippen LogP) is 3.09. The number of hydrogen-bond acceptors (Lipinski definition) is 5. The number of benzene rings is 1. The van der Waals surface area contributed by atoms with Crippen molar-refractivity contribution in [2.45, 2.75) is 13.5 Å². The van der Waals surface area contributed by atoms with E-state index in [1.807, 2.05) is 24.3 Å². The Morgan fingerprint density at radius 1 is 1.33 bits per heavy atom. The normalized spacial score (nSPS) is 11.2. The van der Waals surface area contributed by atoms with Crippen LogP contribution in [-0.2, 0) is 16.1 Å². The van der Waals surface area contributed by atoms with Crippen LogP contribution in [0.15, 0.2) is 53.2 Å². The van der Waals surface area contributed by atoms with Gasteiger partial charge in [0, 0.05) is 24.1 Å². The molecule has 0 unspecified atom stereocenters. The van der Waals surface area contributed by atoms with Crippen molar-refractivity contribution in [3.05, 3.63) is 60.1 Å². The number of ether oxygens (including phenoxy) is 1. The van der Waals surface area contributed by atoms with Crippen LogP contribution in [0.5, 0.6) is 0 Å². The number of fused-ring (bicyclic) bond motifs is 1. The van der Waals surface area contributed by atoms with E-state index >= 15 is 0 Å². The Morgan fingerprint density at radius 2 is 2.17 bits per heavy atom. The van der Waals surface area contributed by atoms with Crippen LogP contribution in [0.25, 0.3) is 17.0 Å². The summed E-state index contributed by atoms with van der Waals surface area (Å²) in [5, 5.41) is 5.03. The number of furan rings is 1. The van der Waals surface area contributed by atoms with Gasteiger partial charge in [-0.05, 0) is 24.3 Å². The first-order chi connectivity index (χ1) is 11.6. The van der Waals surface area contributed by atoms with Gasteiger partial charge in [0.1, 0.15) is 12.2 Å². The Kier molecular flexibility index (Phi) is 4.56. The lowest BCUT2D eigenvalue weighted by Crippen LogP contribution is -2.08. The molecule has 0 radical (unpaired) electrons. The van der Waals surface area contributed by atoms with Crippen molar-refractivity contribution in [1.82, 2.24) is 9.78 Å². The summed E-state index contributed by atoms with van der Waals surface area (Å²) in [5.41, 5.74) is 1.47. The van der Waals surface area contributed by atoms with Crippen LogP contribution < -0.4 is 0 Å². The summed E-state index contributed by atoms with van der Waals surface area (Å²) >= 11 is 0. The highest BCUT2D eigenvalue weighted by molar-refractivity contribution is 6.06. The average Bonchev–Trinajstić information content (AvgIpc) is 3.18. The lowest BCUT2D eigenvalue weighted by Gasteiger charge is -2.01. The zero-order chi connectivity index (χ0) is 16.9. The highest BCUT2D eigenvalue weighted by atomic mass is 16.5. The number of aromatic nitrogens is 2. The summed E-state index contributed by atoms with van der Waals surface area (Å²) in [6.45, 7) is 2.09. The van der Waals surface area contributed by atoms with Crippen molar-refractivity contribution in [1.29, 1.82) is 0 Å². The van der Waals surface area contributed by atoms with Crippen LogP contribution in [0.2, 0.25) is 0 Å². The van der Waals surface area contributed by atoms with Gasteiger partial charge in [-0.3, -0.25) is 14.3 Å². The molecule has 3 rings (SSSR count). The van der Waals surface area contributed by atoms with Crippen LogP contribution in [0.4, 0.5) is 0 Å². The molecule has 2 aromatic heterocycles. The van der Waals surface area contributed by atoms with Crippen LogP contribution in [0.1, 0.15) is 23.0 Å². The van der Waals surface area contributed by atoms with Crippen LogP contribution in [0, 0.1) is 0 Å². The van der Waals surface area contributed by atoms with Gasteiger partial charge in [0.25, 0.3) is 0 Å². The first-order valence-corrected chi connectivity index (χ1v) is 7.48. The van der Waals surface area contributed by atoms with Crippen molar-refractivity contribution in [2.24, 2.45) is 0 Å². The third-order valence-corrected chi connectivity index (χ3v) is 3.37. The summed E-state index contributed by atoms with van der Waals surface area (Å²) < 4.78 is 12.0. The number of carbonyl (C=O) groups is 2. The van der Waals surface area contributed by atoms with E-state index in [4.69, 9.17) is 9.15 Å². The molecule has 3 aromatic rings. The third-order valence-electron chi connectivity index (χ3n) is 3.37. The monoisotopic (exact) mass is 324 g/mol. The second kappa shape index (κ2) is 6.95. The SMILES string of the molecule is CC(=O)OCCn1cc(/C=C/C(=O)c2cc3ccccc3o2)cn1. The standard InChI is InChI=1S/C18H16N2O4/c1-13(21)23-9-8-20-12-14(11-19-20)6-7-16(22)18-10-15-4-2-3-5-17(15)24-18/h2-7,10-12H,8-9H2,1H3/b7-6+. The minimum absolute atomic E-state index is 0.209. The zero-order valence-corrected chi connectivity index (χ0v) is 13.1. The second-order valence-electron chi connectivity index (χ2n) is 5.22. The first kappa shape index (κ1) is 15.7. The molecule has 1 aromatic carbocycles. The molecule has 0 spiro atoms. The van der Waals surface area contributed by atoms with Gasteiger partial charge in [-0.1, -0.05) is 18.2 Å². The summed E-state index contributed by atoms with van der Waals surface area (Å²) in [5.74, 6) is -0.229. The third kappa shape index (κ3) is 3.78. The van der Waals surface area contributed by atoms with Crippen LogP contribution in [-0.4, -0.2) is 28.1 Å². The molecule has 0 saturated heterocycles. The maximum atomic E-state index is 12.2. The smallest absolute Gasteiger partial charge is 0.302 e. The lowest BCUT2D eigenvalue weighted by molar-refractivity contribution is -0.141. The summed E-state index contributed by atoms with van der Waals surface area (Å²) in [7, 11) is 0. The Bertz CT molecular complexity index is 872. The number of esters is 1. The molecule has 0 bridgehead atoms. The summed E-state index contributed by atoms with van der Waals surface area (Å²) in [6.07, 6.45) is 6.53. The number of ketones is 1. The van der Waals surface area contributed by atoms with E-state index in [2.05, 4.69) is 5.10 Å². The van der Waals surface area contributed by atoms with Gasteiger partial charge < -0.3 is 9.15 Å². The molecule has 0 N–H and O–H groups in total. The van der Waals surface area contributed by atoms with Crippen molar-refractivity contribution < 1.29 is 18.7 Å². The fourth-order valence-electron chi connectivity index (χ4n) is 2.23. The molecule has 0 fully saturated rings. The molecular weight excluding hydrogens is 308 g/mol. The molecule has 0 amide bonds. The highest BCUT2D eigenvalue weighted by Gasteiger charge is 2.09. The predicted molar refractivity (Wildman–Crippen MR) is 88.4 cm³/mol. The fraction of sp³-hybridized carbons (Fsp3) is 0.167. The van der Waals surface area contributed by atoms with E-state index in [0.717, 1.165) is 10.9 Å². The first-order valence-electron chi connectivity index (χ1n) is 7.48. The molecular formula is C18H16N2O4. The number of nitrogens with zero attached hydrogens (tertiary/aromatic N) is 2. The summed E-state index contributed by atoms with van der Waals surface area (Å²) in [4.78, 5) is 22.9. The van der Waals surface area contributed by atoms with Crippen molar-refractivity contribution >= 4 is 28.8 Å². The van der Waals surface area contributed by atoms with E-state index in [-0.39, 0.29) is 18.4 Å². The fourth-order valence-corrected chi connectivity index (χ4v) is 2.23. The molecule has 6 heteroatoms. The van der Waals surface area contributed by atoms with Gasteiger partial charge in [-0.2, -0.15) is 5.10 Å². The Balaban J connectivity index is 1.63. The molecule has 0 atom stereocenters. The van der Waals surface area contributed by atoms with Crippen LogP contribution in [0.3, 0.4) is 0 Å². The van der Waals surface area contributed by atoms with E-state index in [9.17, 15) is 9.59 Å². The molecule has 24 heavy (non-hydrogen) atoms. The van der Waals surface area contributed by atoms with Crippen molar-refractivity contribution in [3.8, 4) is 0 Å². The topological polar surface area (TPSA) is 74.3 Å². The van der Waals surface area contributed by atoms with Crippen molar-refractivity contribution in [3.63, 3.8) is 0 Å². The van der Waals surface area contributed by atoms with Gasteiger partial charge >= 0.3 is 5.97 Å². The molecule has 0 aliphatic heterocycles. The lowest BCUT2D eigenvalue weighted by atomic mass is 10.2. The van der Waals surface area contributed by atoms with E-state index in [1.165, 1.54) is 13.0 Å². The maximum absolute atomic E-state index is 12.2. The molecule has 0 aliphatic rings. The minimum atomic E-state index is -0.321. The van der Waals surface area contributed by atoms with Gasteiger partial charge in [-0.15, -0.1) is 0 Å². The number of para-hydroxylation sites is 1. The Morgan fingerprint density at radius 3 is 2.96 bits per heavy atom. The van der Waals surface area contributed by atoms with E-state index < -0.39 is 0 Å². The molecule has 6 nitrogen and oxygen atoms in total. The molecule has 2 heterocycles. The van der Waals surface area contributed by atoms with Gasteiger partial charge in [0.15, 0.2) is 5.76 Å². The molecule has 122 valence electrons. The zero-order valence-electron chi connectivity index (χ0n) is 13.1. The van der Waals surface area contributed by atoms with Crippen LogP contribution >= 0.6 is 0 Å². The van der Waals surface area contributed by atoms with Gasteiger partial charge in [-0.25, -0.2) is 0 Å². The highest BCUT2D eigenvalue weighted by Crippen LogP contribution is 2.19. The van der Waals surface area contributed by atoms with E-state index in [0.29, 0.717) is 17.9 Å². The van der Waals surface area contributed by atoms with Gasteiger partial charge in [0.2, 0.25) is 5.78 Å². The minimum Gasteiger partial charge on any atom is -0.464 e. The van der Waals surface area contributed by atoms with Crippen molar-refractivity contribution in [2.75, 3.05) is 6.61 Å². The quantitative estimate of drug-likeness (QED) is 0.396. The number of hydrogen-bond donors (Lipinski definition) is 0. The van der Waals surface area contributed by atoms with Gasteiger partial charge in [0.05, 0.1) is 12.7 Å². The number of rotatable bonds is 6.